The minimum absolute atomic E-state index is 0.0389. The van der Waals surface area contributed by atoms with Gasteiger partial charge in [0.05, 0.1) is 9.95 Å². The first kappa shape index (κ1) is 14.0. The minimum atomic E-state index is -0.612. The van der Waals surface area contributed by atoms with E-state index in [-0.39, 0.29) is 41.3 Å². The summed E-state index contributed by atoms with van der Waals surface area (Å²) in [6, 6.07) is 1.15. The van der Waals surface area contributed by atoms with E-state index in [0.717, 1.165) is 12.3 Å². The molecule has 0 aromatic carbocycles. The largest absolute Gasteiger partial charge is 0.295 e. The van der Waals surface area contributed by atoms with Gasteiger partial charge in [0.1, 0.15) is 6.20 Å². The maximum atomic E-state index is 11.9. The number of nitro groups is 1. The molecule has 1 aromatic heterocycles. The molecule has 2 rings (SSSR count). The molecule has 1 fully saturated rings. The molecule has 10 heteroatoms. The topological polar surface area (TPSA) is 125 Å². The fourth-order valence-electron chi connectivity index (χ4n) is 1.98. The van der Waals surface area contributed by atoms with Crippen LogP contribution in [-0.4, -0.2) is 28.9 Å². The molecule has 0 saturated carbocycles. The molecule has 2 heterocycles. The number of hydrogen-bond acceptors (Lipinski definition) is 5. The van der Waals surface area contributed by atoms with Crippen molar-refractivity contribution in [3.8, 4) is 0 Å². The summed E-state index contributed by atoms with van der Waals surface area (Å²) >= 11 is 5.93. The lowest BCUT2D eigenvalue weighted by Crippen LogP contribution is -2.26. The van der Waals surface area contributed by atoms with Crippen LogP contribution in [0.15, 0.2) is 17.4 Å². The molecule has 1 unspecified atom stereocenters. The number of anilines is 1. The predicted molar refractivity (Wildman–Crippen MR) is 70.4 cm³/mol. The van der Waals surface area contributed by atoms with Gasteiger partial charge in [-0.2, -0.15) is 0 Å². The van der Waals surface area contributed by atoms with Crippen molar-refractivity contribution < 1.29 is 9.72 Å². The zero-order valence-electron chi connectivity index (χ0n) is 10.1. The predicted octanol–water partition coefficient (Wildman–Crippen LogP) is 2.31. The normalized spacial score (nSPS) is 17.9. The van der Waals surface area contributed by atoms with E-state index in [2.05, 4.69) is 15.0 Å². The van der Waals surface area contributed by atoms with E-state index >= 15 is 0 Å². The van der Waals surface area contributed by atoms with Crippen LogP contribution in [0.2, 0.25) is 5.02 Å². The Morgan fingerprint density at radius 2 is 2.45 bits per heavy atom. The molecular formula is C10H9ClN6O3. The summed E-state index contributed by atoms with van der Waals surface area (Å²) in [5.41, 5.74) is 8.02. The first-order valence-electron chi connectivity index (χ1n) is 5.64. The number of azide groups is 1. The average Bonchev–Trinajstić information content (AvgIpc) is 2.77. The number of carbonyl (C=O) groups is 1. The summed E-state index contributed by atoms with van der Waals surface area (Å²) in [5.74, 6) is -0.122. The van der Waals surface area contributed by atoms with E-state index in [0.29, 0.717) is 6.54 Å². The van der Waals surface area contributed by atoms with E-state index in [4.69, 9.17) is 17.1 Å². The van der Waals surface area contributed by atoms with E-state index in [9.17, 15) is 14.9 Å². The third kappa shape index (κ3) is 2.79. The Morgan fingerprint density at radius 3 is 3.05 bits per heavy atom. The number of halogens is 1. The molecule has 0 radical (unpaired) electrons. The van der Waals surface area contributed by atoms with Gasteiger partial charge in [0, 0.05) is 30.5 Å². The highest BCUT2D eigenvalue weighted by molar-refractivity contribution is 6.33. The van der Waals surface area contributed by atoms with Crippen molar-refractivity contribution in [1.82, 2.24) is 4.98 Å². The zero-order chi connectivity index (χ0) is 14.7. The Morgan fingerprint density at radius 1 is 1.70 bits per heavy atom. The Hall–Kier alpha value is -2.38. The van der Waals surface area contributed by atoms with E-state index in [1.54, 1.807) is 0 Å². The molecule has 1 aliphatic heterocycles. The number of nitrogens with zero attached hydrogens (tertiary/aromatic N) is 6. The fraction of sp³-hybridized carbons (Fsp3) is 0.400. The van der Waals surface area contributed by atoms with Gasteiger partial charge in [-0.3, -0.25) is 19.8 Å². The standard InChI is InChI=1S/C10H9ClN6O3/c11-8-2-7(17(19)20)4-13-10(8)16-5-6(1-9(16)18)3-14-15-12/h2,4,6H,1,3,5H2. The molecule has 0 N–H and O–H groups in total. The Bertz CT molecular complexity index is 615. The molecule has 104 valence electrons. The van der Waals surface area contributed by atoms with Crippen molar-refractivity contribution in [2.75, 3.05) is 18.0 Å². The quantitative estimate of drug-likeness (QED) is 0.278. The molecular weight excluding hydrogens is 288 g/mol. The Balaban J connectivity index is 2.21. The molecule has 1 aliphatic rings. The van der Waals surface area contributed by atoms with Gasteiger partial charge in [-0.25, -0.2) is 4.98 Å². The Kier molecular flexibility index (Phi) is 4.02. The third-order valence-corrected chi connectivity index (χ3v) is 3.16. The van der Waals surface area contributed by atoms with Gasteiger partial charge in [-0.15, -0.1) is 0 Å². The molecule has 1 amide bonds. The molecule has 0 bridgehead atoms. The molecule has 20 heavy (non-hydrogen) atoms. The van der Waals surface area contributed by atoms with Gasteiger partial charge in [0.2, 0.25) is 5.91 Å². The highest BCUT2D eigenvalue weighted by atomic mass is 35.5. The summed E-state index contributed by atoms with van der Waals surface area (Å²) < 4.78 is 0. The first-order chi connectivity index (χ1) is 9.52. The maximum absolute atomic E-state index is 11.9. The highest BCUT2D eigenvalue weighted by Gasteiger charge is 2.32. The SMILES string of the molecule is [N-]=[N+]=NCC1CC(=O)N(c2ncc([N+](=O)[O-])cc2Cl)C1. The molecule has 1 atom stereocenters. The van der Waals surface area contributed by atoms with Gasteiger partial charge in [0.15, 0.2) is 5.82 Å². The van der Waals surface area contributed by atoms with E-state index in [1.807, 2.05) is 0 Å². The smallest absolute Gasteiger partial charge is 0.289 e. The number of hydrogen-bond donors (Lipinski definition) is 0. The van der Waals surface area contributed by atoms with Crippen molar-refractivity contribution in [3.05, 3.63) is 37.8 Å². The van der Waals surface area contributed by atoms with Crippen molar-refractivity contribution in [2.24, 2.45) is 11.0 Å². The summed E-state index contributed by atoms with van der Waals surface area (Å²) in [7, 11) is 0. The summed E-state index contributed by atoms with van der Waals surface area (Å²) in [6.45, 7) is 0.533. The maximum Gasteiger partial charge on any atom is 0.289 e. The van der Waals surface area contributed by atoms with Crippen molar-refractivity contribution in [1.29, 1.82) is 0 Å². The average molecular weight is 297 g/mol. The zero-order valence-corrected chi connectivity index (χ0v) is 10.9. The van der Waals surface area contributed by atoms with Crippen LogP contribution in [0.4, 0.5) is 11.5 Å². The lowest BCUT2D eigenvalue weighted by molar-refractivity contribution is -0.385. The highest BCUT2D eigenvalue weighted by Crippen LogP contribution is 2.31. The number of carbonyl (C=O) groups excluding carboxylic acids is 1. The molecule has 1 saturated heterocycles. The number of aromatic nitrogens is 1. The molecule has 9 nitrogen and oxygen atoms in total. The summed E-state index contributed by atoms with van der Waals surface area (Å²) in [6.07, 6.45) is 1.28. The monoisotopic (exact) mass is 296 g/mol. The van der Waals surface area contributed by atoms with E-state index in [1.165, 1.54) is 4.90 Å². The van der Waals surface area contributed by atoms with Gasteiger partial charge in [-0.1, -0.05) is 16.7 Å². The lowest BCUT2D eigenvalue weighted by Gasteiger charge is -2.16. The minimum Gasteiger partial charge on any atom is -0.295 e. The van der Waals surface area contributed by atoms with Crippen molar-refractivity contribution >= 4 is 29.0 Å². The van der Waals surface area contributed by atoms with Crippen LogP contribution in [0.3, 0.4) is 0 Å². The van der Waals surface area contributed by atoms with Crippen molar-refractivity contribution in [3.63, 3.8) is 0 Å². The van der Waals surface area contributed by atoms with Gasteiger partial charge in [0.25, 0.3) is 5.69 Å². The first-order valence-corrected chi connectivity index (χ1v) is 6.02. The lowest BCUT2D eigenvalue weighted by atomic mass is 10.1. The molecule has 1 aromatic rings. The second-order valence-electron chi connectivity index (χ2n) is 4.24. The van der Waals surface area contributed by atoms with Crippen LogP contribution in [-0.2, 0) is 4.79 Å². The van der Waals surface area contributed by atoms with Crippen LogP contribution in [0.1, 0.15) is 6.42 Å². The van der Waals surface area contributed by atoms with Crippen LogP contribution < -0.4 is 4.90 Å². The second-order valence-corrected chi connectivity index (χ2v) is 4.65. The third-order valence-electron chi connectivity index (χ3n) is 2.88. The van der Waals surface area contributed by atoms with Gasteiger partial charge in [-0.05, 0) is 11.4 Å². The summed E-state index contributed by atoms with van der Waals surface area (Å²) in [5, 5.41) is 14.1. The number of rotatable bonds is 4. The van der Waals surface area contributed by atoms with Gasteiger partial charge >= 0.3 is 0 Å². The number of amides is 1. The molecule has 0 aliphatic carbocycles. The van der Waals surface area contributed by atoms with Gasteiger partial charge < -0.3 is 0 Å². The number of pyridine rings is 1. The summed E-state index contributed by atoms with van der Waals surface area (Å²) in [4.78, 5) is 29.7. The van der Waals surface area contributed by atoms with Crippen LogP contribution in [0, 0.1) is 16.0 Å². The van der Waals surface area contributed by atoms with Crippen molar-refractivity contribution in [2.45, 2.75) is 6.42 Å². The van der Waals surface area contributed by atoms with Crippen LogP contribution in [0.25, 0.3) is 10.4 Å². The van der Waals surface area contributed by atoms with E-state index < -0.39 is 4.92 Å². The molecule has 0 spiro atoms. The Labute approximate surface area is 117 Å². The second kappa shape index (κ2) is 5.72. The fourth-order valence-corrected chi connectivity index (χ4v) is 2.24. The van der Waals surface area contributed by atoms with Crippen LogP contribution >= 0.6 is 11.6 Å². The van der Waals surface area contributed by atoms with Crippen LogP contribution in [0.5, 0.6) is 0 Å².